The second-order valence-corrected chi connectivity index (χ2v) is 5.23. The van der Waals surface area contributed by atoms with Gasteiger partial charge in [-0.2, -0.15) is 5.10 Å². The van der Waals surface area contributed by atoms with Gasteiger partial charge in [-0.25, -0.2) is 9.97 Å². The van der Waals surface area contributed by atoms with Crippen molar-refractivity contribution in [1.82, 2.24) is 19.7 Å². The van der Waals surface area contributed by atoms with Gasteiger partial charge in [0.15, 0.2) is 0 Å². The minimum Gasteiger partial charge on any atom is -0.370 e. The van der Waals surface area contributed by atoms with Gasteiger partial charge in [0, 0.05) is 36.8 Å². The number of nitrogens with zero attached hydrogens (tertiary/aromatic N) is 4. The van der Waals surface area contributed by atoms with Crippen molar-refractivity contribution in [3.05, 3.63) is 23.8 Å². The van der Waals surface area contributed by atoms with Gasteiger partial charge in [0.05, 0.1) is 11.9 Å². The molecule has 2 aromatic rings. The zero-order valence-electron chi connectivity index (χ0n) is 13.5. The summed E-state index contributed by atoms with van der Waals surface area (Å²) in [6, 6.07) is 0. The minimum atomic E-state index is 0.859. The Labute approximate surface area is 126 Å². The summed E-state index contributed by atoms with van der Waals surface area (Å²) < 4.78 is 1.98. The van der Waals surface area contributed by atoms with Gasteiger partial charge in [-0.15, -0.1) is 0 Å². The molecule has 1 N–H and O–H groups in total. The molecule has 0 aliphatic heterocycles. The lowest BCUT2D eigenvalue weighted by atomic mass is 10.1. The third-order valence-electron chi connectivity index (χ3n) is 3.37. The first-order chi connectivity index (χ1) is 10.2. The molecule has 114 valence electrons. The number of anilines is 1. The van der Waals surface area contributed by atoms with Crippen LogP contribution >= 0.6 is 0 Å². The molecule has 0 bridgehead atoms. The fraction of sp³-hybridized carbons (Fsp3) is 0.562. The van der Waals surface area contributed by atoms with E-state index in [1.165, 1.54) is 0 Å². The van der Waals surface area contributed by atoms with E-state index in [1.807, 2.05) is 10.9 Å². The van der Waals surface area contributed by atoms with Gasteiger partial charge in [-0.05, 0) is 26.7 Å². The average molecular weight is 287 g/mol. The van der Waals surface area contributed by atoms with Crippen LogP contribution in [0.5, 0.6) is 0 Å². The molecule has 5 heteroatoms. The standard InChI is InChI=1S/C16H25N5/c1-5-8-14-19-15(12(4)16(20-14)17-7-3)13-10-18-21(11-13)9-6-2/h10-11H,5-9H2,1-4H3,(H,17,19,20). The maximum Gasteiger partial charge on any atom is 0.133 e. The first-order valence-electron chi connectivity index (χ1n) is 7.83. The molecule has 0 atom stereocenters. The Kier molecular flexibility index (Phi) is 5.31. The molecule has 0 saturated carbocycles. The van der Waals surface area contributed by atoms with Crippen LogP contribution < -0.4 is 5.32 Å². The Morgan fingerprint density at radius 2 is 1.95 bits per heavy atom. The van der Waals surface area contributed by atoms with Crippen LogP contribution in [0, 0.1) is 6.92 Å². The molecule has 0 spiro atoms. The monoisotopic (exact) mass is 287 g/mol. The Hall–Kier alpha value is -1.91. The van der Waals surface area contributed by atoms with E-state index in [4.69, 9.17) is 4.98 Å². The van der Waals surface area contributed by atoms with Gasteiger partial charge in [0.2, 0.25) is 0 Å². The quantitative estimate of drug-likeness (QED) is 0.847. The van der Waals surface area contributed by atoms with Crippen LogP contribution in [-0.2, 0) is 13.0 Å². The van der Waals surface area contributed by atoms with Crippen molar-refractivity contribution < 1.29 is 0 Å². The topological polar surface area (TPSA) is 55.6 Å². The van der Waals surface area contributed by atoms with Crippen molar-refractivity contribution >= 4 is 5.82 Å². The number of aryl methyl sites for hydroxylation is 2. The van der Waals surface area contributed by atoms with Gasteiger partial charge in [0.25, 0.3) is 0 Å². The molecule has 2 heterocycles. The molecule has 2 aromatic heterocycles. The summed E-state index contributed by atoms with van der Waals surface area (Å²) in [6.07, 6.45) is 6.99. The maximum atomic E-state index is 4.74. The first kappa shape index (κ1) is 15.5. The highest BCUT2D eigenvalue weighted by molar-refractivity contribution is 5.67. The van der Waals surface area contributed by atoms with Crippen LogP contribution in [-0.4, -0.2) is 26.3 Å². The molecule has 0 fully saturated rings. The molecule has 0 saturated heterocycles. The van der Waals surface area contributed by atoms with Crippen LogP contribution in [0.1, 0.15) is 45.0 Å². The summed E-state index contributed by atoms with van der Waals surface area (Å²) in [7, 11) is 0. The van der Waals surface area contributed by atoms with Crippen molar-refractivity contribution in [3.8, 4) is 11.3 Å². The summed E-state index contributed by atoms with van der Waals surface area (Å²) in [5, 5.41) is 7.75. The second-order valence-electron chi connectivity index (χ2n) is 5.23. The van der Waals surface area contributed by atoms with E-state index in [2.05, 4.69) is 49.3 Å². The Morgan fingerprint density at radius 1 is 1.14 bits per heavy atom. The predicted molar refractivity (Wildman–Crippen MR) is 86.4 cm³/mol. The Balaban J connectivity index is 2.43. The third-order valence-corrected chi connectivity index (χ3v) is 3.37. The zero-order valence-corrected chi connectivity index (χ0v) is 13.5. The van der Waals surface area contributed by atoms with E-state index >= 15 is 0 Å². The highest BCUT2D eigenvalue weighted by Crippen LogP contribution is 2.25. The summed E-state index contributed by atoms with van der Waals surface area (Å²) >= 11 is 0. The molecule has 2 rings (SSSR count). The summed E-state index contributed by atoms with van der Waals surface area (Å²) in [4.78, 5) is 9.38. The minimum absolute atomic E-state index is 0.859. The molecule has 0 amide bonds. The van der Waals surface area contributed by atoms with E-state index in [0.717, 1.165) is 60.8 Å². The molecule has 0 aromatic carbocycles. The molecule has 21 heavy (non-hydrogen) atoms. The van der Waals surface area contributed by atoms with Crippen molar-refractivity contribution in [1.29, 1.82) is 0 Å². The number of hydrogen-bond donors (Lipinski definition) is 1. The summed E-state index contributed by atoms with van der Waals surface area (Å²) in [5.41, 5.74) is 3.15. The highest BCUT2D eigenvalue weighted by atomic mass is 15.3. The second kappa shape index (κ2) is 7.20. The SMILES string of the molecule is CCCc1nc(NCC)c(C)c(-c2cnn(CCC)c2)n1. The van der Waals surface area contributed by atoms with Crippen molar-refractivity contribution in [2.75, 3.05) is 11.9 Å². The molecule has 0 unspecified atom stereocenters. The van der Waals surface area contributed by atoms with Crippen LogP contribution in [0.15, 0.2) is 12.4 Å². The lowest BCUT2D eigenvalue weighted by Gasteiger charge is -2.12. The fourth-order valence-corrected chi connectivity index (χ4v) is 2.36. The van der Waals surface area contributed by atoms with E-state index < -0.39 is 0 Å². The molecule has 0 radical (unpaired) electrons. The number of rotatable bonds is 7. The Morgan fingerprint density at radius 3 is 2.62 bits per heavy atom. The third kappa shape index (κ3) is 3.60. The van der Waals surface area contributed by atoms with E-state index in [1.54, 1.807) is 0 Å². The van der Waals surface area contributed by atoms with Gasteiger partial charge in [-0.1, -0.05) is 13.8 Å². The molecular weight excluding hydrogens is 262 g/mol. The Bertz CT molecular complexity index is 588. The number of aromatic nitrogens is 4. The summed E-state index contributed by atoms with van der Waals surface area (Å²) in [5.74, 6) is 1.84. The van der Waals surface area contributed by atoms with Gasteiger partial charge in [0.1, 0.15) is 11.6 Å². The summed E-state index contributed by atoms with van der Waals surface area (Å²) in [6.45, 7) is 10.2. The number of nitrogens with one attached hydrogen (secondary N) is 1. The number of hydrogen-bond acceptors (Lipinski definition) is 4. The largest absolute Gasteiger partial charge is 0.370 e. The average Bonchev–Trinajstić information content (AvgIpc) is 2.91. The van der Waals surface area contributed by atoms with Crippen LogP contribution in [0.3, 0.4) is 0 Å². The van der Waals surface area contributed by atoms with E-state index in [0.29, 0.717) is 0 Å². The lowest BCUT2D eigenvalue weighted by Crippen LogP contribution is -2.07. The van der Waals surface area contributed by atoms with Crippen molar-refractivity contribution in [3.63, 3.8) is 0 Å². The normalized spacial score (nSPS) is 10.9. The van der Waals surface area contributed by atoms with Gasteiger partial charge >= 0.3 is 0 Å². The lowest BCUT2D eigenvalue weighted by molar-refractivity contribution is 0.603. The van der Waals surface area contributed by atoms with Gasteiger partial charge < -0.3 is 5.32 Å². The molecule has 5 nitrogen and oxygen atoms in total. The highest BCUT2D eigenvalue weighted by Gasteiger charge is 2.13. The molecule has 0 aliphatic carbocycles. The van der Waals surface area contributed by atoms with Crippen LogP contribution in [0.25, 0.3) is 11.3 Å². The van der Waals surface area contributed by atoms with Crippen molar-refractivity contribution in [2.24, 2.45) is 0 Å². The van der Waals surface area contributed by atoms with Crippen LogP contribution in [0.4, 0.5) is 5.82 Å². The molecule has 0 aliphatic rings. The van der Waals surface area contributed by atoms with E-state index in [9.17, 15) is 0 Å². The maximum absolute atomic E-state index is 4.74. The van der Waals surface area contributed by atoms with E-state index in [-0.39, 0.29) is 0 Å². The van der Waals surface area contributed by atoms with Crippen molar-refractivity contribution in [2.45, 2.75) is 53.5 Å². The van der Waals surface area contributed by atoms with Crippen LogP contribution in [0.2, 0.25) is 0 Å². The smallest absolute Gasteiger partial charge is 0.133 e. The fourth-order valence-electron chi connectivity index (χ4n) is 2.36. The predicted octanol–water partition coefficient (Wildman–Crippen LogP) is 3.44. The molecular formula is C16H25N5. The first-order valence-corrected chi connectivity index (χ1v) is 7.83. The zero-order chi connectivity index (χ0) is 15.2. The van der Waals surface area contributed by atoms with Gasteiger partial charge in [-0.3, -0.25) is 4.68 Å².